The number of rotatable bonds is 10. The lowest BCUT2D eigenvalue weighted by molar-refractivity contribution is 0.0945. The molecule has 2 heterocycles. The standard InChI is InChI=1S/C30H33Cl2N5OS/c1-21(10-13-35-30(38)29-27(31)18-34-19-28(29)32)36-14-11-25(12-15-36)37(24-6-8-26(39-2)9-7-24)20-23-5-3-4-22(16-23)17-33/h3-9,16,18-19,21,25H,10-15,20H2,1-2H3,(H,35,38). The SMILES string of the molecule is CSc1ccc(N(Cc2cccc(C#N)c2)C2CCN(C(C)CCNC(=O)c3c(Cl)cncc3Cl)CC2)cc1. The quantitative estimate of drug-likeness (QED) is 0.270. The van der Waals surface area contributed by atoms with E-state index in [0.29, 0.717) is 24.2 Å². The van der Waals surface area contributed by atoms with E-state index < -0.39 is 0 Å². The zero-order chi connectivity index (χ0) is 27.8. The van der Waals surface area contributed by atoms with Crippen molar-refractivity contribution in [3.05, 3.63) is 87.7 Å². The summed E-state index contributed by atoms with van der Waals surface area (Å²) in [5, 5.41) is 12.8. The summed E-state index contributed by atoms with van der Waals surface area (Å²) in [6.07, 6.45) is 7.86. The number of anilines is 1. The minimum absolute atomic E-state index is 0.252. The van der Waals surface area contributed by atoms with Gasteiger partial charge in [-0.25, -0.2) is 0 Å². The number of carbonyl (C=O) groups excluding carboxylic acids is 1. The summed E-state index contributed by atoms with van der Waals surface area (Å²) in [6, 6.07) is 19.7. The van der Waals surface area contributed by atoms with E-state index in [-0.39, 0.29) is 21.5 Å². The molecular weight excluding hydrogens is 549 g/mol. The maximum atomic E-state index is 12.6. The van der Waals surface area contributed by atoms with E-state index in [9.17, 15) is 10.1 Å². The van der Waals surface area contributed by atoms with E-state index in [1.807, 2.05) is 18.2 Å². The number of pyridine rings is 1. The van der Waals surface area contributed by atoms with Crippen LogP contribution in [0.4, 0.5) is 5.69 Å². The molecule has 0 aliphatic carbocycles. The molecule has 1 saturated heterocycles. The van der Waals surface area contributed by atoms with Crippen molar-refractivity contribution in [2.45, 2.75) is 49.7 Å². The molecule has 2 aromatic carbocycles. The molecule has 0 bridgehead atoms. The van der Waals surface area contributed by atoms with E-state index in [1.165, 1.54) is 23.0 Å². The minimum atomic E-state index is -0.276. The highest BCUT2D eigenvalue weighted by molar-refractivity contribution is 7.98. The number of amides is 1. The second kappa shape index (κ2) is 14.0. The maximum Gasteiger partial charge on any atom is 0.254 e. The molecule has 1 N–H and O–H groups in total. The highest BCUT2D eigenvalue weighted by atomic mass is 35.5. The molecule has 1 amide bonds. The monoisotopic (exact) mass is 581 g/mol. The Morgan fingerprint density at radius 2 is 1.87 bits per heavy atom. The number of hydrogen-bond acceptors (Lipinski definition) is 6. The van der Waals surface area contributed by atoms with Crippen molar-refractivity contribution in [1.82, 2.24) is 15.2 Å². The molecule has 1 aromatic heterocycles. The van der Waals surface area contributed by atoms with Gasteiger partial charge in [0.05, 0.1) is 27.2 Å². The van der Waals surface area contributed by atoms with Gasteiger partial charge in [0.2, 0.25) is 0 Å². The summed E-state index contributed by atoms with van der Waals surface area (Å²) in [5.74, 6) is -0.276. The number of nitrogens with zero attached hydrogens (tertiary/aromatic N) is 4. The molecule has 1 unspecified atom stereocenters. The first kappa shape index (κ1) is 29.2. The van der Waals surface area contributed by atoms with Crippen LogP contribution in [-0.2, 0) is 6.54 Å². The number of hydrogen-bond donors (Lipinski definition) is 1. The van der Waals surface area contributed by atoms with Crippen LogP contribution in [0.25, 0.3) is 0 Å². The molecule has 204 valence electrons. The molecule has 1 aliphatic rings. The Balaban J connectivity index is 1.35. The van der Waals surface area contributed by atoms with Crippen molar-refractivity contribution in [3.63, 3.8) is 0 Å². The van der Waals surface area contributed by atoms with Crippen LogP contribution < -0.4 is 10.2 Å². The maximum absolute atomic E-state index is 12.6. The molecule has 0 radical (unpaired) electrons. The number of piperidine rings is 1. The van der Waals surface area contributed by atoms with Gasteiger partial charge in [-0.05, 0) is 74.4 Å². The summed E-state index contributed by atoms with van der Waals surface area (Å²) >= 11 is 14.0. The average Bonchev–Trinajstić information content (AvgIpc) is 2.96. The van der Waals surface area contributed by atoms with Gasteiger partial charge in [-0.3, -0.25) is 9.78 Å². The Hall–Kier alpha value is -2.76. The van der Waals surface area contributed by atoms with Crippen LogP contribution >= 0.6 is 35.0 Å². The van der Waals surface area contributed by atoms with Gasteiger partial charge in [-0.1, -0.05) is 35.3 Å². The van der Waals surface area contributed by atoms with Crippen molar-refractivity contribution < 1.29 is 4.79 Å². The van der Waals surface area contributed by atoms with Crippen LogP contribution in [0.1, 0.15) is 47.7 Å². The largest absolute Gasteiger partial charge is 0.364 e. The Morgan fingerprint density at radius 3 is 2.51 bits per heavy atom. The predicted octanol–water partition coefficient (Wildman–Crippen LogP) is 6.66. The Kier molecular flexibility index (Phi) is 10.5. The van der Waals surface area contributed by atoms with Gasteiger partial charge in [-0.2, -0.15) is 5.26 Å². The molecule has 3 aromatic rings. The normalized spacial score (nSPS) is 14.9. The second-order valence-corrected chi connectivity index (χ2v) is 11.5. The number of likely N-dealkylation sites (tertiary alicyclic amines) is 1. The fourth-order valence-electron chi connectivity index (χ4n) is 5.07. The molecular formula is C30H33Cl2N5OS. The van der Waals surface area contributed by atoms with Gasteiger partial charge >= 0.3 is 0 Å². The molecule has 9 heteroatoms. The summed E-state index contributed by atoms with van der Waals surface area (Å²) in [6.45, 7) is 5.49. The minimum Gasteiger partial charge on any atom is -0.364 e. The van der Waals surface area contributed by atoms with Crippen molar-refractivity contribution >= 4 is 46.6 Å². The molecule has 1 aliphatic heterocycles. The number of nitriles is 1. The Bertz CT molecular complexity index is 1290. The topological polar surface area (TPSA) is 72.3 Å². The third-order valence-electron chi connectivity index (χ3n) is 7.30. The second-order valence-electron chi connectivity index (χ2n) is 9.78. The molecule has 0 spiro atoms. The van der Waals surface area contributed by atoms with Gasteiger partial charge in [0.1, 0.15) is 0 Å². The zero-order valence-electron chi connectivity index (χ0n) is 22.2. The lowest BCUT2D eigenvalue weighted by Crippen LogP contribution is -2.48. The number of carbonyl (C=O) groups is 1. The fraction of sp³-hybridized carbons (Fsp3) is 0.367. The number of nitrogens with one attached hydrogen (secondary N) is 1. The summed E-state index contributed by atoms with van der Waals surface area (Å²) in [4.78, 5) is 22.7. The van der Waals surface area contributed by atoms with E-state index in [4.69, 9.17) is 23.2 Å². The average molecular weight is 583 g/mol. The van der Waals surface area contributed by atoms with Crippen LogP contribution in [0.3, 0.4) is 0 Å². The fourth-order valence-corrected chi connectivity index (χ4v) is 6.02. The lowest BCUT2D eigenvalue weighted by Gasteiger charge is -2.42. The van der Waals surface area contributed by atoms with E-state index >= 15 is 0 Å². The first-order valence-electron chi connectivity index (χ1n) is 13.1. The van der Waals surface area contributed by atoms with Gasteiger partial charge < -0.3 is 15.1 Å². The van der Waals surface area contributed by atoms with Gasteiger partial charge in [0.15, 0.2) is 0 Å². The molecule has 0 saturated carbocycles. The number of aromatic nitrogens is 1. The third kappa shape index (κ3) is 7.67. The van der Waals surface area contributed by atoms with Crippen LogP contribution in [-0.4, -0.2) is 53.8 Å². The number of halogens is 2. The van der Waals surface area contributed by atoms with E-state index in [2.05, 4.69) is 69.7 Å². The molecule has 39 heavy (non-hydrogen) atoms. The smallest absolute Gasteiger partial charge is 0.254 e. The van der Waals surface area contributed by atoms with Crippen LogP contribution in [0, 0.1) is 11.3 Å². The molecule has 6 nitrogen and oxygen atoms in total. The highest BCUT2D eigenvalue weighted by Crippen LogP contribution is 2.29. The first-order valence-corrected chi connectivity index (χ1v) is 15.1. The summed E-state index contributed by atoms with van der Waals surface area (Å²) < 4.78 is 0. The molecule has 4 rings (SSSR count). The van der Waals surface area contributed by atoms with Crippen molar-refractivity contribution in [1.29, 1.82) is 5.26 Å². The molecule has 1 atom stereocenters. The molecule has 1 fully saturated rings. The zero-order valence-corrected chi connectivity index (χ0v) is 24.6. The first-order chi connectivity index (χ1) is 18.9. The van der Waals surface area contributed by atoms with Crippen LogP contribution in [0.2, 0.25) is 10.0 Å². The van der Waals surface area contributed by atoms with Gasteiger partial charge in [0, 0.05) is 61.2 Å². The van der Waals surface area contributed by atoms with Gasteiger partial charge in [-0.15, -0.1) is 11.8 Å². The van der Waals surface area contributed by atoms with Crippen LogP contribution in [0.15, 0.2) is 65.8 Å². The number of thioether (sulfide) groups is 1. The van der Waals surface area contributed by atoms with Gasteiger partial charge in [0.25, 0.3) is 5.91 Å². The van der Waals surface area contributed by atoms with Crippen molar-refractivity contribution in [3.8, 4) is 6.07 Å². The third-order valence-corrected chi connectivity index (χ3v) is 8.62. The van der Waals surface area contributed by atoms with E-state index in [1.54, 1.807) is 11.8 Å². The summed E-state index contributed by atoms with van der Waals surface area (Å²) in [5.41, 5.74) is 3.31. The van der Waals surface area contributed by atoms with Crippen molar-refractivity contribution in [2.24, 2.45) is 0 Å². The Morgan fingerprint density at radius 1 is 1.18 bits per heavy atom. The van der Waals surface area contributed by atoms with Crippen molar-refractivity contribution in [2.75, 3.05) is 30.8 Å². The highest BCUT2D eigenvalue weighted by Gasteiger charge is 2.27. The lowest BCUT2D eigenvalue weighted by atomic mass is 9.99. The Labute approximate surface area is 245 Å². The predicted molar refractivity (Wildman–Crippen MR) is 161 cm³/mol. The number of benzene rings is 2. The van der Waals surface area contributed by atoms with E-state index in [0.717, 1.165) is 44.5 Å². The summed E-state index contributed by atoms with van der Waals surface area (Å²) in [7, 11) is 0. The van der Waals surface area contributed by atoms with Crippen LogP contribution in [0.5, 0.6) is 0 Å².